The Morgan fingerprint density at radius 1 is 1.33 bits per heavy atom. The van der Waals surface area contributed by atoms with Crippen LogP contribution in [0, 0.1) is 5.82 Å². The summed E-state index contributed by atoms with van der Waals surface area (Å²) < 4.78 is 16.6. The number of hydrogen-bond acceptors (Lipinski definition) is 2. The third-order valence-corrected chi connectivity index (χ3v) is 3.86. The zero-order valence-electron chi connectivity index (χ0n) is 10.8. The third kappa shape index (κ3) is 2.65. The largest absolute Gasteiger partial charge is 0.276 e. The second-order valence-electron chi connectivity index (χ2n) is 4.51. The van der Waals surface area contributed by atoms with E-state index >= 15 is 0 Å². The summed E-state index contributed by atoms with van der Waals surface area (Å²) in [5.74, 6) is 0.0976. The summed E-state index contributed by atoms with van der Waals surface area (Å²) in [6, 6.07) is 6.15. The van der Waals surface area contributed by atoms with Crippen LogP contribution in [-0.2, 0) is 0 Å². The highest BCUT2D eigenvalue weighted by molar-refractivity contribution is 9.10. The highest BCUT2D eigenvalue weighted by Crippen LogP contribution is 2.30. The van der Waals surface area contributed by atoms with Crippen molar-refractivity contribution >= 4 is 50.3 Å². The van der Waals surface area contributed by atoms with Crippen molar-refractivity contribution < 1.29 is 4.39 Å². The van der Waals surface area contributed by atoms with E-state index < -0.39 is 11.2 Å². The lowest BCUT2D eigenvalue weighted by Crippen LogP contribution is -2.05. The van der Waals surface area contributed by atoms with Crippen LogP contribution < -0.4 is 0 Å². The molecule has 108 valence electrons. The van der Waals surface area contributed by atoms with Crippen LogP contribution in [0.5, 0.6) is 0 Å². The van der Waals surface area contributed by atoms with E-state index in [1.807, 2.05) is 6.07 Å². The van der Waals surface area contributed by atoms with Crippen LogP contribution in [0.25, 0.3) is 16.9 Å². The average molecular weight is 389 g/mol. The van der Waals surface area contributed by atoms with Gasteiger partial charge >= 0.3 is 0 Å². The zero-order valence-corrected chi connectivity index (χ0v) is 13.9. The molecule has 2 aromatic heterocycles. The van der Waals surface area contributed by atoms with E-state index in [0.717, 1.165) is 4.47 Å². The molecule has 0 spiro atoms. The molecule has 0 aliphatic carbocycles. The van der Waals surface area contributed by atoms with Crippen molar-refractivity contribution in [2.75, 3.05) is 0 Å². The molecule has 0 bridgehead atoms. The molecule has 0 saturated carbocycles. The third-order valence-electron chi connectivity index (χ3n) is 2.99. The highest BCUT2D eigenvalue weighted by Gasteiger charge is 2.20. The van der Waals surface area contributed by atoms with Crippen molar-refractivity contribution in [2.45, 2.75) is 12.3 Å². The number of hydrogen-bond donors (Lipinski definition) is 0. The summed E-state index contributed by atoms with van der Waals surface area (Å²) in [5.41, 5.74) is 1.44. The topological polar surface area (TPSA) is 30.7 Å². The Kier molecular flexibility index (Phi) is 3.90. The molecule has 0 radical (unpaired) electrons. The van der Waals surface area contributed by atoms with Crippen LogP contribution in [-0.4, -0.2) is 14.5 Å². The molecule has 1 unspecified atom stereocenters. The number of imidazole rings is 1. The van der Waals surface area contributed by atoms with E-state index in [1.165, 1.54) is 18.2 Å². The zero-order chi connectivity index (χ0) is 15.1. The summed E-state index contributed by atoms with van der Waals surface area (Å²) in [5, 5.41) is 0.0231. The summed E-state index contributed by atoms with van der Waals surface area (Å²) in [7, 11) is 0. The van der Waals surface area contributed by atoms with E-state index in [0.29, 0.717) is 22.0 Å². The second-order valence-corrected chi connectivity index (χ2v) is 6.52. The Bertz CT molecular complexity index is 832. The van der Waals surface area contributed by atoms with Crippen LogP contribution in [0.3, 0.4) is 0 Å². The van der Waals surface area contributed by atoms with Crippen LogP contribution in [0.4, 0.5) is 4.39 Å². The maximum Gasteiger partial charge on any atom is 0.164 e. The van der Waals surface area contributed by atoms with Gasteiger partial charge in [0, 0.05) is 15.7 Å². The van der Waals surface area contributed by atoms with Gasteiger partial charge in [-0.15, -0.1) is 11.6 Å². The average Bonchev–Trinajstić information content (AvgIpc) is 2.80. The number of nitrogens with zero attached hydrogens (tertiary/aromatic N) is 3. The molecule has 0 aliphatic rings. The molecule has 1 aromatic carbocycles. The predicted molar refractivity (Wildman–Crippen MR) is 85.8 cm³/mol. The minimum Gasteiger partial charge on any atom is -0.276 e. The van der Waals surface area contributed by atoms with Gasteiger partial charge in [-0.1, -0.05) is 11.6 Å². The number of pyridine rings is 1. The van der Waals surface area contributed by atoms with Crippen LogP contribution in [0.1, 0.15) is 18.1 Å². The lowest BCUT2D eigenvalue weighted by molar-refractivity contribution is 0.616. The van der Waals surface area contributed by atoms with E-state index in [-0.39, 0.29) is 5.69 Å². The van der Waals surface area contributed by atoms with Crippen molar-refractivity contribution in [3.8, 4) is 5.69 Å². The highest BCUT2D eigenvalue weighted by atomic mass is 79.9. The molecule has 0 aliphatic heterocycles. The van der Waals surface area contributed by atoms with Gasteiger partial charge < -0.3 is 0 Å². The SMILES string of the molecule is CC(Cl)c1nc2cc(Br)cnc2n1-c1cc(Cl)ccc1F. The smallest absolute Gasteiger partial charge is 0.164 e. The molecule has 3 nitrogen and oxygen atoms in total. The van der Waals surface area contributed by atoms with E-state index in [9.17, 15) is 4.39 Å². The van der Waals surface area contributed by atoms with Crippen molar-refractivity contribution in [2.24, 2.45) is 0 Å². The number of halogens is 4. The molecule has 7 heteroatoms. The molecule has 0 amide bonds. The van der Waals surface area contributed by atoms with Crippen LogP contribution >= 0.6 is 39.1 Å². The van der Waals surface area contributed by atoms with Gasteiger partial charge in [0.2, 0.25) is 0 Å². The summed E-state index contributed by atoms with van der Waals surface area (Å²) >= 11 is 15.5. The first-order valence-corrected chi connectivity index (χ1v) is 7.71. The number of aromatic nitrogens is 3. The Morgan fingerprint density at radius 2 is 2.10 bits per heavy atom. The fourth-order valence-electron chi connectivity index (χ4n) is 2.12. The molecule has 0 N–H and O–H groups in total. The maximum atomic E-state index is 14.2. The molecule has 0 fully saturated rings. The Hall–Kier alpha value is -1.17. The Balaban J connectivity index is 2.39. The number of rotatable bonds is 2. The van der Waals surface area contributed by atoms with E-state index in [4.69, 9.17) is 23.2 Å². The monoisotopic (exact) mass is 387 g/mol. The summed E-state index contributed by atoms with van der Waals surface area (Å²) in [4.78, 5) is 8.77. The standard InChI is InChI=1S/C14H9BrCl2FN3/c1-7(16)13-20-11-4-8(15)6-19-14(11)21(13)12-5-9(17)2-3-10(12)18/h2-7H,1H3. The van der Waals surface area contributed by atoms with Gasteiger partial charge in [-0.2, -0.15) is 0 Å². The van der Waals surface area contributed by atoms with Crippen molar-refractivity contribution in [1.82, 2.24) is 14.5 Å². The summed E-state index contributed by atoms with van der Waals surface area (Å²) in [6.07, 6.45) is 1.63. The van der Waals surface area contributed by atoms with Crippen molar-refractivity contribution in [3.63, 3.8) is 0 Å². The Labute approximate surface area is 138 Å². The first-order valence-electron chi connectivity index (χ1n) is 6.11. The van der Waals surface area contributed by atoms with Gasteiger partial charge in [0.05, 0.1) is 11.1 Å². The number of benzene rings is 1. The lowest BCUT2D eigenvalue weighted by Gasteiger charge is -2.11. The predicted octanol–water partition coefficient (Wildman–Crippen LogP) is 5.28. The Morgan fingerprint density at radius 3 is 2.81 bits per heavy atom. The normalized spacial score (nSPS) is 12.8. The van der Waals surface area contributed by atoms with Crippen LogP contribution in [0.2, 0.25) is 5.02 Å². The van der Waals surface area contributed by atoms with Crippen LogP contribution in [0.15, 0.2) is 34.9 Å². The molecule has 3 aromatic rings. The fourth-order valence-corrected chi connectivity index (χ4v) is 2.75. The summed E-state index contributed by atoms with van der Waals surface area (Å²) in [6.45, 7) is 1.77. The molecular formula is C14H9BrCl2FN3. The molecule has 2 heterocycles. The number of fused-ring (bicyclic) bond motifs is 1. The van der Waals surface area contributed by atoms with Gasteiger partial charge in [-0.3, -0.25) is 4.57 Å². The minimum atomic E-state index is -0.415. The maximum absolute atomic E-state index is 14.2. The molecule has 0 saturated heterocycles. The second kappa shape index (κ2) is 5.55. The van der Waals surface area contributed by atoms with Gasteiger partial charge in [-0.25, -0.2) is 14.4 Å². The molecule has 3 rings (SSSR count). The first kappa shape index (κ1) is 14.8. The van der Waals surface area contributed by atoms with Crippen molar-refractivity contribution in [1.29, 1.82) is 0 Å². The number of alkyl halides is 1. The lowest BCUT2D eigenvalue weighted by atomic mass is 10.3. The first-order chi connectivity index (χ1) is 9.97. The van der Waals surface area contributed by atoms with Crippen molar-refractivity contribution in [3.05, 3.63) is 51.6 Å². The van der Waals surface area contributed by atoms with Gasteiger partial charge in [0.15, 0.2) is 5.65 Å². The molecular weight excluding hydrogens is 380 g/mol. The fraction of sp³-hybridized carbons (Fsp3) is 0.143. The molecule has 1 atom stereocenters. The van der Waals surface area contributed by atoms with E-state index in [2.05, 4.69) is 25.9 Å². The molecule has 21 heavy (non-hydrogen) atoms. The van der Waals surface area contributed by atoms with Gasteiger partial charge in [0.25, 0.3) is 0 Å². The van der Waals surface area contributed by atoms with E-state index in [1.54, 1.807) is 17.7 Å². The van der Waals surface area contributed by atoms with Gasteiger partial charge in [-0.05, 0) is 47.1 Å². The quantitative estimate of drug-likeness (QED) is 0.559. The van der Waals surface area contributed by atoms with Gasteiger partial charge in [0.1, 0.15) is 17.2 Å². The minimum absolute atomic E-state index is 0.280.